The molecule has 0 aromatic heterocycles. The van der Waals surface area contributed by atoms with Gasteiger partial charge in [0.2, 0.25) is 5.91 Å². The van der Waals surface area contributed by atoms with Gasteiger partial charge in [0.05, 0.1) is 0 Å². The van der Waals surface area contributed by atoms with Crippen molar-refractivity contribution >= 4 is 11.7 Å². The Balaban J connectivity index is 1.52. The van der Waals surface area contributed by atoms with Gasteiger partial charge < -0.3 is 5.32 Å². The molecule has 4 rings (SSSR count). The predicted octanol–water partition coefficient (Wildman–Crippen LogP) is 3.88. The normalized spacial score (nSPS) is 44.8. The molecule has 1 spiro atoms. The second kappa shape index (κ2) is 4.95. The van der Waals surface area contributed by atoms with E-state index in [1.165, 1.54) is 12.8 Å². The Morgan fingerprint density at radius 1 is 1.21 bits per heavy atom. The lowest BCUT2D eigenvalue weighted by Crippen LogP contribution is -2.72. The van der Waals surface area contributed by atoms with Gasteiger partial charge in [0.1, 0.15) is 0 Å². The van der Waals surface area contributed by atoms with E-state index in [0.717, 1.165) is 31.6 Å². The van der Waals surface area contributed by atoms with Gasteiger partial charge in [0.15, 0.2) is 5.78 Å². The van der Waals surface area contributed by atoms with E-state index in [2.05, 4.69) is 18.3 Å². The third kappa shape index (κ3) is 1.79. The number of ketones is 1. The lowest BCUT2D eigenvalue weighted by atomic mass is 9.30. The molecule has 1 N–H and O–H groups in total. The molecule has 0 saturated heterocycles. The highest BCUT2D eigenvalue weighted by Gasteiger charge is 2.84. The summed E-state index contributed by atoms with van der Waals surface area (Å²) in [5.41, 5.74) is -0.169. The van der Waals surface area contributed by atoms with Crippen molar-refractivity contribution in [3.63, 3.8) is 0 Å². The molecule has 6 unspecified atom stereocenters. The van der Waals surface area contributed by atoms with Crippen LogP contribution in [0.4, 0.5) is 0 Å². The summed E-state index contributed by atoms with van der Waals surface area (Å²) in [6, 6.07) is 0.314. The zero-order chi connectivity index (χ0) is 17.3. The van der Waals surface area contributed by atoms with Gasteiger partial charge in [-0.3, -0.25) is 9.59 Å². The average molecular weight is 329 g/mol. The van der Waals surface area contributed by atoms with Gasteiger partial charge in [0.25, 0.3) is 0 Å². The van der Waals surface area contributed by atoms with E-state index in [4.69, 9.17) is 0 Å². The van der Waals surface area contributed by atoms with Crippen molar-refractivity contribution in [2.75, 3.05) is 0 Å². The number of fused-ring (bicyclic) bond motifs is 1. The largest absolute Gasteiger partial charge is 0.352 e. The predicted molar refractivity (Wildman–Crippen MR) is 94.2 cm³/mol. The monoisotopic (exact) mass is 329 g/mol. The first-order valence-electron chi connectivity index (χ1n) is 9.78. The average Bonchev–Trinajstić information content (AvgIpc) is 2.95. The van der Waals surface area contributed by atoms with Crippen molar-refractivity contribution in [3.05, 3.63) is 12.2 Å². The van der Waals surface area contributed by atoms with Crippen LogP contribution in [0.15, 0.2) is 12.2 Å². The van der Waals surface area contributed by atoms with Gasteiger partial charge in [-0.1, -0.05) is 40.2 Å². The standard InChI is InChI=1S/C21H31NO2/c1-5-6-7-8-16(23)20-10-13-11-21(20)14(12-20)9-15(21)17(13)22-18(24)19(2,3)4/h7-8,13-15,17H,5-6,9-12H2,1-4H3,(H,22,24)/b8-7+. The van der Waals surface area contributed by atoms with Crippen LogP contribution in [0.2, 0.25) is 0 Å². The van der Waals surface area contributed by atoms with Gasteiger partial charge in [-0.05, 0) is 61.3 Å². The summed E-state index contributed by atoms with van der Waals surface area (Å²) in [5.74, 6) is 2.36. The van der Waals surface area contributed by atoms with Crippen molar-refractivity contribution in [2.24, 2.45) is 34.0 Å². The minimum absolute atomic E-state index is 0.0710. The molecule has 24 heavy (non-hydrogen) atoms. The summed E-state index contributed by atoms with van der Waals surface area (Å²) >= 11 is 0. The molecule has 0 radical (unpaired) electrons. The summed E-state index contributed by atoms with van der Waals surface area (Å²) in [6.45, 7) is 8.08. The van der Waals surface area contributed by atoms with Gasteiger partial charge in [0, 0.05) is 16.9 Å². The molecule has 4 aliphatic carbocycles. The van der Waals surface area contributed by atoms with E-state index in [9.17, 15) is 9.59 Å². The highest BCUT2D eigenvalue weighted by Crippen LogP contribution is 2.86. The van der Waals surface area contributed by atoms with Gasteiger partial charge in [-0.2, -0.15) is 0 Å². The maximum atomic E-state index is 13.0. The van der Waals surface area contributed by atoms with E-state index in [-0.39, 0.29) is 22.2 Å². The highest BCUT2D eigenvalue weighted by molar-refractivity contribution is 5.97. The Kier molecular flexibility index (Phi) is 3.38. The fraction of sp³-hybridized carbons (Fsp3) is 0.810. The van der Waals surface area contributed by atoms with Crippen LogP contribution in [-0.2, 0) is 9.59 Å². The molecule has 2 bridgehead atoms. The summed E-state index contributed by atoms with van der Waals surface area (Å²) in [4.78, 5) is 25.4. The Morgan fingerprint density at radius 3 is 2.58 bits per heavy atom. The number of rotatable bonds is 5. The first kappa shape index (κ1) is 16.4. The lowest BCUT2D eigenvalue weighted by Gasteiger charge is -2.73. The maximum Gasteiger partial charge on any atom is 0.225 e. The van der Waals surface area contributed by atoms with Crippen molar-refractivity contribution in [1.29, 1.82) is 0 Å². The molecule has 0 aliphatic heterocycles. The minimum atomic E-state index is -0.335. The van der Waals surface area contributed by atoms with Crippen LogP contribution >= 0.6 is 0 Å². The Bertz CT molecular complexity index is 616. The van der Waals surface area contributed by atoms with Gasteiger partial charge >= 0.3 is 0 Å². The maximum absolute atomic E-state index is 13.0. The highest BCUT2D eigenvalue weighted by atomic mass is 16.2. The quantitative estimate of drug-likeness (QED) is 0.778. The van der Waals surface area contributed by atoms with Crippen LogP contribution in [0.3, 0.4) is 0 Å². The number of nitrogens with one attached hydrogen (secondary N) is 1. The number of allylic oxidation sites excluding steroid dienone is 2. The second-order valence-corrected chi connectivity index (χ2v) is 9.84. The minimum Gasteiger partial charge on any atom is -0.352 e. The fourth-order valence-electron chi connectivity index (χ4n) is 6.68. The van der Waals surface area contributed by atoms with E-state index >= 15 is 0 Å². The third-order valence-electron chi connectivity index (χ3n) is 7.74. The summed E-state index contributed by atoms with van der Waals surface area (Å²) < 4.78 is 0. The molecular weight excluding hydrogens is 298 g/mol. The summed E-state index contributed by atoms with van der Waals surface area (Å²) in [5, 5.41) is 3.36. The van der Waals surface area contributed by atoms with Crippen LogP contribution in [0.1, 0.15) is 66.2 Å². The molecule has 4 fully saturated rings. The number of unbranched alkanes of at least 4 members (excludes halogenated alkanes) is 1. The lowest BCUT2D eigenvalue weighted by molar-refractivity contribution is -0.238. The molecule has 3 heteroatoms. The molecule has 4 saturated carbocycles. The van der Waals surface area contributed by atoms with Crippen molar-refractivity contribution in [3.8, 4) is 0 Å². The Hall–Kier alpha value is -1.12. The van der Waals surface area contributed by atoms with Crippen LogP contribution in [0.25, 0.3) is 0 Å². The topological polar surface area (TPSA) is 46.2 Å². The van der Waals surface area contributed by atoms with Gasteiger partial charge in [-0.15, -0.1) is 0 Å². The SMILES string of the molecule is CCC/C=C/C(=O)C12CC3CC14C(CC4C3NC(=O)C(C)(C)C)C2. The smallest absolute Gasteiger partial charge is 0.225 e. The molecule has 0 aromatic carbocycles. The van der Waals surface area contributed by atoms with Crippen molar-refractivity contribution in [2.45, 2.75) is 72.3 Å². The molecule has 3 nitrogen and oxygen atoms in total. The zero-order valence-corrected chi connectivity index (χ0v) is 15.5. The van der Waals surface area contributed by atoms with E-state index in [1.54, 1.807) is 0 Å². The summed E-state index contributed by atoms with van der Waals surface area (Å²) in [7, 11) is 0. The van der Waals surface area contributed by atoms with Crippen LogP contribution in [0.5, 0.6) is 0 Å². The summed E-state index contributed by atoms with van der Waals surface area (Å²) in [6.07, 6.45) is 10.5. The Labute approximate surface area is 145 Å². The van der Waals surface area contributed by atoms with E-state index in [1.807, 2.05) is 26.8 Å². The molecule has 1 amide bonds. The first-order chi connectivity index (χ1) is 11.3. The van der Waals surface area contributed by atoms with Crippen molar-refractivity contribution < 1.29 is 9.59 Å². The molecule has 132 valence electrons. The van der Waals surface area contributed by atoms with Crippen LogP contribution < -0.4 is 5.32 Å². The fourth-order valence-corrected chi connectivity index (χ4v) is 6.68. The second-order valence-electron chi connectivity index (χ2n) is 9.84. The van der Waals surface area contributed by atoms with E-state index in [0.29, 0.717) is 23.7 Å². The van der Waals surface area contributed by atoms with Crippen molar-refractivity contribution in [1.82, 2.24) is 5.32 Å². The molecular formula is C21H31NO2. The zero-order valence-electron chi connectivity index (χ0n) is 15.5. The number of hydrogen-bond acceptors (Lipinski definition) is 2. The number of carbonyl (C=O) groups excluding carboxylic acids is 2. The molecule has 4 aliphatic rings. The van der Waals surface area contributed by atoms with E-state index < -0.39 is 0 Å². The van der Waals surface area contributed by atoms with Crippen LogP contribution in [-0.4, -0.2) is 17.7 Å². The molecule has 0 heterocycles. The first-order valence-corrected chi connectivity index (χ1v) is 9.78. The van der Waals surface area contributed by atoms with Gasteiger partial charge in [-0.25, -0.2) is 0 Å². The molecule has 0 aromatic rings. The van der Waals surface area contributed by atoms with Crippen LogP contribution in [0, 0.1) is 34.0 Å². The number of hydrogen-bond donors (Lipinski definition) is 1. The molecule has 6 atom stereocenters. The number of amides is 1. The number of carbonyl (C=O) groups is 2. The Morgan fingerprint density at radius 2 is 1.96 bits per heavy atom. The third-order valence-corrected chi connectivity index (χ3v) is 7.74.